The number of benzene rings is 1. The summed E-state index contributed by atoms with van der Waals surface area (Å²) in [5, 5.41) is 0. The van der Waals surface area contributed by atoms with Crippen LogP contribution in [0.5, 0.6) is 0 Å². The molecule has 1 nitrogen and oxygen atoms in total. The fourth-order valence-corrected chi connectivity index (χ4v) is 6.15. The van der Waals surface area contributed by atoms with Crippen LogP contribution in [0.15, 0.2) is 24.3 Å². The standard InChI is InChI=1S/C8H10N.C2H5S.Sn/c1-7(9)8-5-3-2-4-6-8;1-3-2;/h2-5,7H,9H2,1H3;1H2,2H3;/q;;+2. The molecule has 1 unspecified atom stereocenters. The fraction of sp³-hybridized carbons (Fsp3) is 0.400. The molecule has 0 fully saturated rings. The summed E-state index contributed by atoms with van der Waals surface area (Å²) in [6, 6.07) is 8.82. The van der Waals surface area contributed by atoms with E-state index in [1.807, 2.05) is 11.8 Å². The summed E-state index contributed by atoms with van der Waals surface area (Å²) in [5.74, 6) is 0. The molecule has 0 saturated heterocycles. The van der Waals surface area contributed by atoms with Crippen LogP contribution in [0.3, 0.4) is 0 Å². The predicted molar refractivity (Wildman–Crippen MR) is 62.8 cm³/mol. The van der Waals surface area contributed by atoms with Gasteiger partial charge in [-0.2, -0.15) is 0 Å². The zero-order valence-corrected chi connectivity index (χ0v) is 11.8. The first-order chi connectivity index (χ1) is 6.25. The molecule has 1 aromatic rings. The Hall–Kier alpha value is 0.329. The van der Waals surface area contributed by atoms with Crippen molar-refractivity contribution in [2.24, 2.45) is 5.73 Å². The molecule has 0 aromatic heterocycles. The molecule has 1 aromatic carbocycles. The summed E-state index contributed by atoms with van der Waals surface area (Å²) in [7, 11) is 0. The van der Waals surface area contributed by atoms with Gasteiger partial charge in [0, 0.05) is 0 Å². The zero-order valence-electron chi connectivity index (χ0n) is 8.08. The van der Waals surface area contributed by atoms with E-state index in [9.17, 15) is 0 Å². The molecule has 0 amide bonds. The Morgan fingerprint density at radius 1 is 1.46 bits per heavy atom. The van der Waals surface area contributed by atoms with Gasteiger partial charge in [-0.3, -0.25) is 0 Å². The first kappa shape index (κ1) is 11.4. The zero-order chi connectivity index (χ0) is 9.68. The van der Waals surface area contributed by atoms with E-state index in [-0.39, 0.29) is 27.2 Å². The number of nitrogens with two attached hydrogens (primary N) is 1. The van der Waals surface area contributed by atoms with Crippen molar-refractivity contribution in [3.63, 3.8) is 0 Å². The summed E-state index contributed by atoms with van der Waals surface area (Å²) in [5.41, 5.74) is 7.27. The SMILES string of the molecule is CS[CH2][Sn+2][c]1ccccc1C(C)N. The Bertz CT molecular complexity index is 263. The molecular weight excluding hydrogens is 285 g/mol. The van der Waals surface area contributed by atoms with Crippen LogP contribution in [-0.4, -0.2) is 31.2 Å². The van der Waals surface area contributed by atoms with E-state index < -0.39 is 0 Å². The third kappa shape index (κ3) is 3.52. The number of hydrogen-bond donors (Lipinski definition) is 1. The summed E-state index contributed by atoms with van der Waals surface area (Å²) >= 11 is 1.58. The molecule has 0 bridgehead atoms. The van der Waals surface area contributed by atoms with Crippen molar-refractivity contribution in [1.82, 2.24) is 0 Å². The van der Waals surface area contributed by atoms with Crippen molar-refractivity contribution in [1.29, 1.82) is 0 Å². The van der Waals surface area contributed by atoms with Gasteiger partial charge in [0.1, 0.15) is 0 Å². The molecule has 13 heavy (non-hydrogen) atoms. The maximum atomic E-state index is 5.91. The Morgan fingerprint density at radius 3 is 2.77 bits per heavy atom. The van der Waals surface area contributed by atoms with Crippen molar-refractivity contribution in [3.8, 4) is 0 Å². The van der Waals surface area contributed by atoms with Crippen LogP contribution in [0.1, 0.15) is 18.5 Å². The summed E-state index contributed by atoms with van der Waals surface area (Å²) in [4.78, 5) is 0. The van der Waals surface area contributed by atoms with Gasteiger partial charge in [0.05, 0.1) is 0 Å². The minimum atomic E-state index is -0.374. The average molecular weight is 300 g/mol. The van der Waals surface area contributed by atoms with E-state index in [0.29, 0.717) is 0 Å². The Labute approximate surface area is 94.7 Å². The van der Waals surface area contributed by atoms with Gasteiger partial charge in [-0.15, -0.1) is 0 Å². The molecule has 2 N–H and O–H groups in total. The van der Waals surface area contributed by atoms with Crippen LogP contribution in [-0.2, 0) is 0 Å². The van der Waals surface area contributed by atoms with E-state index in [2.05, 4.69) is 37.4 Å². The van der Waals surface area contributed by atoms with E-state index in [1.54, 1.807) is 3.58 Å². The molecule has 0 heterocycles. The molecule has 3 heteroatoms. The third-order valence-corrected chi connectivity index (χ3v) is 8.39. The fourth-order valence-electron chi connectivity index (χ4n) is 1.20. The minimum absolute atomic E-state index is 0.193. The monoisotopic (exact) mass is 301 g/mol. The van der Waals surface area contributed by atoms with E-state index in [4.69, 9.17) is 5.73 Å². The average Bonchev–Trinajstić information content (AvgIpc) is 2.15. The molecular formula is C10H15NSSn+2. The Balaban J connectivity index is 2.78. The van der Waals surface area contributed by atoms with Crippen LogP contribution in [0.4, 0.5) is 0 Å². The second kappa shape index (κ2) is 5.93. The van der Waals surface area contributed by atoms with E-state index in [0.717, 1.165) is 0 Å². The summed E-state index contributed by atoms with van der Waals surface area (Å²) in [6.07, 6.45) is 2.18. The van der Waals surface area contributed by atoms with Crippen molar-refractivity contribution in [3.05, 3.63) is 29.8 Å². The molecule has 0 aliphatic rings. The molecule has 1 atom stereocenters. The van der Waals surface area contributed by atoms with Crippen molar-refractivity contribution in [2.45, 2.75) is 13.0 Å². The Morgan fingerprint density at radius 2 is 2.15 bits per heavy atom. The second-order valence-corrected chi connectivity index (χ2v) is 8.87. The van der Waals surface area contributed by atoms with Gasteiger partial charge in [0.25, 0.3) is 0 Å². The molecule has 0 radical (unpaired) electrons. The van der Waals surface area contributed by atoms with Gasteiger partial charge in [0.15, 0.2) is 0 Å². The van der Waals surface area contributed by atoms with Crippen LogP contribution >= 0.6 is 11.8 Å². The van der Waals surface area contributed by atoms with Crippen molar-refractivity contribution in [2.75, 3.05) is 10.0 Å². The van der Waals surface area contributed by atoms with Crippen molar-refractivity contribution < 1.29 is 0 Å². The normalized spacial score (nSPS) is 12.2. The quantitative estimate of drug-likeness (QED) is 0.850. The summed E-state index contributed by atoms with van der Waals surface area (Å²) in [6.45, 7) is 2.07. The predicted octanol–water partition coefficient (Wildman–Crippen LogP) is 1.36. The van der Waals surface area contributed by atoms with Crippen molar-refractivity contribution >= 4 is 36.5 Å². The van der Waals surface area contributed by atoms with Gasteiger partial charge < -0.3 is 0 Å². The first-order valence-corrected chi connectivity index (χ1v) is 9.17. The first-order valence-electron chi connectivity index (χ1n) is 4.33. The number of thioether (sulfide) groups is 1. The summed E-state index contributed by atoms with van der Waals surface area (Å²) < 4.78 is 2.91. The van der Waals surface area contributed by atoms with Gasteiger partial charge >= 0.3 is 95.0 Å². The van der Waals surface area contributed by atoms with Gasteiger partial charge in [-0.25, -0.2) is 0 Å². The third-order valence-electron chi connectivity index (χ3n) is 1.86. The van der Waals surface area contributed by atoms with Crippen LogP contribution < -0.4 is 9.31 Å². The molecule has 0 aliphatic heterocycles. The molecule has 1 rings (SSSR count). The number of hydrogen-bond acceptors (Lipinski definition) is 2. The van der Waals surface area contributed by atoms with Crippen LogP contribution in [0.2, 0.25) is 0 Å². The topological polar surface area (TPSA) is 26.0 Å². The van der Waals surface area contributed by atoms with E-state index >= 15 is 0 Å². The second-order valence-electron chi connectivity index (χ2n) is 2.99. The maximum absolute atomic E-state index is 5.91. The van der Waals surface area contributed by atoms with Gasteiger partial charge in [-0.1, -0.05) is 0 Å². The van der Waals surface area contributed by atoms with Crippen LogP contribution in [0.25, 0.3) is 0 Å². The van der Waals surface area contributed by atoms with E-state index in [1.165, 1.54) is 9.33 Å². The van der Waals surface area contributed by atoms with Crippen LogP contribution in [0, 0.1) is 0 Å². The molecule has 0 spiro atoms. The Kier molecular flexibility index (Phi) is 5.21. The van der Waals surface area contributed by atoms with Gasteiger partial charge in [0.2, 0.25) is 0 Å². The molecule has 0 saturated carbocycles. The number of rotatable bonds is 4. The van der Waals surface area contributed by atoms with Gasteiger partial charge in [-0.05, 0) is 0 Å². The molecule has 0 aliphatic carbocycles. The molecule has 68 valence electrons.